The van der Waals surface area contributed by atoms with Crippen molar-refractivity contribution in [3.8, 4) is 40.0 Å². The lowest BCUT2D eigenvalue weighted by Gasteiger charge is -2.12. The molecule has 4 rings (SSSR count). The van der Waals surface area contributed by atoms with Crippen LogP contribution in [0.5, 0.6) is 0 Å². The fraction of sp³-hybridized carbons (Fsp3) is 0. The molecule has 4 aromatic rings. The van der Waals surface area contributed by atoms with E-state index in [1.54, 1.807) is 0 Å². The summed E-state index contributed by atoms with van der Waals surface area (Å²) in [5, 5.41) is 10.2. The molecule has 0 spiro atoms. The van der Waals surface area contributed by atoms with E-state index in [1.807, 2.05) is 60.7 Å². The van der Waals surface area contributed by atoms with Gasteiger partial charge in [-0.15, -0.1) is 0 Å². The smallest absolute Gasteiger partial charge is 0.163 e. The van der Waals surface area contributed by atoms with Gasteiger partial charge in [-0.05, 0) is 18.2 Å². The van der Waals surface area contributed by atoms with E-state index in [2.05, 4.69) is 16.0 Å². The minimum Gasteiger partial charge on any atom is -0.226 e. The van der Waals surface area contributed by atoms with Gasteiger partial charge < -0.3 is 0 Å². The fourth-order valence-electron chi connectivity index (χ4n) is 2.97. The molecule has 0 N–H and O–H groups in total. The molecule has 0 aliphatic rings. The van der Waals surface area contributed by atoms with Crippen LogP contribution in [-0.4, -0.2) is 9.97 Å². The van der Waals surface area contributed by atoms with Crippen LogP contribution in [-0.2, 0) is 0 Å². The van der Waals surface area contributed by atoms with Gasteiger partial charge in [0.2, 0.25) is 0 Å². The summed E-state index contributed by atoms with van der Waals surface area (Å²) in [6, 6.07) is 25.1. The molecule has 0 amide bonds. The van der Waals surface area contributed by atoms with E-state index in [1.165, 1.54) is 18.2 Å². The molecule has 0 fully saturated rings. The molecule has 0 aliphatic carbocycles. The Morgan fingerprint density at radius 1 is 0.786 bits per heavy atom. The monoisotopic (exact) mass is 385 g/mol. The Morgan fingerprint density at radius 3 is 1.82 bits per heavy atom. The van der Waals surface area contributed by atoms with Gasteiger partial charge in [0.15, 0.2) is 5.82 Å². The van der Waals surface area contributed by atoms with Crippen molar-refractivity contribution in [2.75, 3.05) is 0 Å². The normalized spacial score (nSPS) is 10.5. The van der Waals surface area contributed by atoms with Gasteiger partial charge in [0.05, 0.1) is 17.0 Å². The van der Waals surface area contributed by atoms with Gasteiger partial charge in [0.1, 0.15) is 17.4 Å². The van der Waals surface area contributed by atoms with Crippen molar-refractivity contribution in [3.63, 3.8) is 0 Å². The highest BCUT2D eigenvalue weighted by atomic mass is 35.5. The fourth-order valence-corrected chi connectivity index (χ4v) is 3.14. The van der Waals surface area contributed by atoms with Crippen molar-refractivity contribution in [1.82, 2.24) is 9.97 Å². The molecule has 0 aliphatic heterocycles. The Hall–Kier alpha value is -3.55. The maximum atomic E-state index is 14.5. The number of nitriles is 1. The SMILES string of the molecule is N#Cc1c(-c2ccccc2)nc(-c2cc(Cl)ccc2F)nc1-c1ccccc1. The van der Waals surface area contributed by atoms with Crippen LogP contribution in [0.15, 0.2) is 78.9 Å². The molecule has 0 atom stereocenters. The van der Waals surface area contributed by atoms with Gasteiger partial charge in [-0.1, -0.05) is 72.3 Å². The quantitative estimate of drug-likeness (QED) is 0.425. The zero-order valence-electron chi connectivity index (χ0n) is 14.6. The summed E-state index contributed by atoms with van der Waals surface area (Å²) < 4.78 is 14.5. The molecule has 0 unspecified atom stereocenters. The van der Waals surface area contributed by atoms with Gasteiger partial charge in [-0.3, -0.25) is 0 Å². The van der Waals surface area contributed by atoms with Crippen molar-refractivity contribution in [2.24, 2.45) is 0 Å². The van der Waals surface area contributed by atoms with Gasteiger partial charge in [-0.2, -0.15) is 5.26 Å². The molecular formula is C23H13ClFN3. The first-order valence-electron chi connectivity index (χ1n) is 8.56. The van der Waals surface area contributed by atoms with E-state index in [4.69, 9.17) is 11.6 Å². The van der Waals surface area contributed by atoms with Crippen LogP contribution in [0.2, 0.25) is 5.02 Å². The second-order valence-electron chi connectivity index (χ2n) is 6.09. The summed E-state index contributed by atoms with van der Waals surface area (Å²) in [7, 11) is 0. The van der Waals surface area contributed by atoms with E-state index >= 15 is 0 Å². The number of aromatic nitrogens is 2. The van der Waals surface area contributed by atoms with Crippen molar-refractivity contribution >= 4 is 11.6 Å². The Kier molecular flexibility index (Phi) is 4.84. The highest BCUT2D eigenvalue weighted by Crippen LogP contribution is 2.33. The molecule has 134 valence electrons. The summed E-state index contributed by atoms with van der Waals surface area (Å²) in [5.74, 6) is -0.302. The lowest BCUT2D eigenvalue weighted by molar-refractivity contribution is 0.630. The molecule has 0 radical (unpaired) electrons. The Morgan fingerprint density at radius 2 is 1.32 bits per heavy atom. The van der Waals surface area contributed by atoms with E-state index in [0.29, 0.717) is 22.0 Å². The second kappa shape index (κ2) is 7.59. The molecule has 0 bridgehead atoms. The maximum absolute atomic E-state index is 14.5. The molecule has 1 aromatic heterocycles. The topological polar surface area (TPSA) is 49.6 Å². The zero-order chi connectivity index (χ0) is 19.5. The van der Waals surface area contributed by atoms with Crippen molar-refractivity contribution < 1.29 is 4.39 Å². The summed E-state index contributed by atoms with van der Waals surface area (Å²) >= 11 is 6.06. The third-order valence-corrected chi connectivity index (χ3v) is 4.52. The van der Waals surface area contributed by atoms with E-state index in [0.717, 1.165) is 11.1 Å². The lowest BCUT2D eigenvalue weighted by atomic mass is 10.00. The van der Waals surface area contributed by atoms with Crippen molar-refractivity contribution in [1.29, 1.82) is 5.26 Å². The minimum absolute atomic E-state index is 0.178. The average molecular weight is 386 g/mol. The van der Waals surface area contributed by atoms with Gasteiger partial charge in [0, 0.05) is 16.1 Å². The Balaban J connectivity index is 2.06. The number of hydrogen-bond acceptors (Lipinski definition) is 3. The van der Waals surface area contributed by atoms with Gasteiger partial charge in [0.25, 0.3) is 0 Å². The summed E-state index contributed by atoms with van der Waals surface area (Å²) in [6.45, 7) is 0. The molecule has 5 heteroatoms. The molecule has 0 saturated heterocycles. The van der Waals surface area contributed by atoms with Crippen molar-refractivity contribution in [3.05, 3.63) is 95.3 Å². The molecule has 0 saturated carbocycles. The molecule has 28 heavy (non-hydrogen) atoms. The first-order chi connectivity index (χ1) is 13.7. The number of nitrogens with zero attached hydrogens (tertiary/aromatic N) is 3. The van der Waals surface area contributed by atoms with E-state index < -0.39 is 5.82 Å². The van der Waals surface area contributed by atoms with Crippen LogP contribution >= 0.6 is 11.6 Å². The number of rotatable bonds is 3. The lowest BCUT2D eigenvalue weighted by Crippen LogP contribution is -2.02. The summed E-state index contributed by atoms with van der Waals surface area (Å²) in [4.78, 5) is 9.08. The second-order valence-corrected chi connectivity index (χ2v) is 6.52. The Bertz CT molecular complexity index is 1130. The largest absolute Gasteiger partial charge is 0.226 e. The first kappa shape index (κ1) is 17.8. The van der Waals surface area contributed by atoms with Crippen LogP contribution in [0.4, 0.5) is 4.39 Å². The molecule has 3 aromatic carbocycles. The Labute approximate surface area is 166 Å². The van der Waals surface area contributed by atoms with Crippen LogP contribution in [0.25, 0.3) is 33.9 Å². The highest BCUT2D eigenvalue weighted by Gasteiger charge is 2.19. The van der Waals surface area contributed by atoms with Crippen LogP contribution in [0, 0.1) is 17.1 Å². The van der Waals surface area contributed by atoms with Crippen LogP contribution in [0.1, 0.15) is 5.56 Å². The zero-order valence-corrected chi connectivity index (χ0v) is 15.4. The third kappa shape index (κ3) is 3.36. The molecule has 1 heterocycles. The van der Waals surface area contributed by atoms with E-state index in [-0.39, 0.29) is 11.4 Å². The highest BCUT2D eigenvalue weighted by molar-refractivity contribution is 6.30. The van der Waals surface area contributed by atoms with Gasteiger partial charge in [-0.25, -0.2) is 14.4 Å². The standard InChI is InChI=1S/C23H13ClFN3/c24-17-11-12-20(25)18(13-17)23-27-21(15-7-3-1-4-8-15)19(14-26)22(28-23)16-9-5-2-6-10-16/h1-13H. The average Bonchev–Trinajstić information content (AvgIpc) is 2.75. The van der Waals surface area contributed by atoms with Crippen LogP contribution in [0.3, 0.4) is 0 Å². The molecule has 3 nitrogen and oxygen atoms in total. The van der Waals surface area contributed by atoms with Gasteiger partial charge >= 0.3 is 0 Å². The predicted octanol–water partition coefficient (Wildman–Crippen LogP) is 6.14. The maximum Gasteiger partial charge on any atom is 0.163 e. The first-order valence-corrected chi connectivity index (χ1v) is 8.93. The number of benzene rings is 3. The van der Waals surface area contributed by atoms with E-state index in [9.17, 15) is 9.65 Å². The number of halogens is 2. The summed E-state index contributed by atoms with van der Waals surface area (Å²) in [5.41, 5.74) is 2.93. The summed E-state index contributed by atoms with van der Waals surface area (Å²) in [6.07, 6.45) is 0. The predicted molar refractivity (Wildman–Crippen MR) is 108 cm³/mol. The molecular weight excluding hydrogens is 373 g/mol. The number of hydrogen-bond donors (Lipinski definition) is 0. The minimum atomic E-state index is -0.480. The van der Waals surface area contributed by atoms with Crippen LogP contribution < -0.4 is 0 Å². The third-order valence-electron chi connectivity index (χ3n) is 4.28. The van der Waals surface area contributed by atoms with Crippen molar-refractivity contribution in [2.45, 2.75) is 0 Å².